The Kier molecular flexibility index (Phi) is 6.43. The Labute approximate surface area is 174 Å². The molecule has 0 heterocycles. The summed E-state index contributed by atoms with van der Waals surface area (Å²) < 4.78 is 13.3. The quantitative estimate of drug-likeness (QED) is 0.423. The first-order chi connectivity index (χ1) is 13.9. The number of carbonyl (C=O) groups excluding carboxylic acids is 1. The van der Waals surface area contributed by atoms with E-state index in [0.29, 0.717) is 17.1 Å². The second-order valence-corrected chi connectivity index (χ2v) is 7.07. The van der Waals surface area contributed by atoms with Crippen molar-refractivity contribution in [2.45, 2.75) is 13.3 Å². The van der Waals surface area contributed by atoms with Crippen LogP contribution in [0.2, 0.25) is 5.02 Å². The van der Waals surface area contributed by atoms with E-state index in [1.54, 1.807) is 24.3 Å². The minimum absolute atomic E-state index is 0.0118. The lowest BCUT2D eigenvalue weighted by atomic mass is 10.0. The number of rotatable bonds is 5. The van der Waals surface area contributed by atoms with Gasteiger partial charge in [-0.1, -0.05) is 54.1 Å². The Morgan fingerprint density at radius 2 is 1.86 bits per heavy atom. The maximum absolute atomic E-state index is 13.3. The Morgan fingerprint density at radius 1 is 1.10 bits per heavy atom. The number of aryl methyl sites for hydroxylation is 1. The van der Waals surface area contributed by atoms with E-state index in [-0.39, 0.29) is 11.4 Å². The van der Waals surface area contributed by atoms with Gasteiger partial charge in [0.2, 0.25) is 0 Å². The van der Waals surface area contributed by atoms with Crippen LogP contribution in [0.3, 0.4) is 0 Å². The zero-order valence-corrected chi connectivity index (χ0v) is 16.5. The topological polar surface area (TPSA) is 52.9 Å². The summed E-state index contributed by atoms with van der Waals surface area (Å²) in [5, 5.41) is 12.6. The number of carbonyl (C=O) groups is 1. The second-order valence-electron chi connectivity index (χ2n) is 6.63. The molecule has 0 fully saturated rings. The van der Waals surface area contributed by atoms with E-state index in [0.717, 1.165) is 22.3 Å². The number of hydrogen-bond donors (Lipinski definition) is 1. The predicted octanol–water partition coefficient (Wildman–Crippen LogP) is 5.92. The molecule has 0 saturated carbocycles. The van der Waals surface area contributed by atoms with Crippen molar-refractivity contribution in [3.63, 3.8) is 0 Å². The average Bonchev–Trinajstić information content (AvgIpc) is 2.70. The number of nitrogens with one attached hydrogen (secondary N) is 1. The third-order valence-corrected chi connectivity index (χ3v) is 4.64. The van der Waals surface area contributed by atoms with Gasteiger partial charge in [-0.05, 0) is 65.9 Å². The van der Waals surface area contributed by atoms with Crippen LogP contribution in [0, 0.1) is 24.1 Å². The Bertz CT molecular complexity index is 1110. The fourth-order valence-corrected chi connectivity index (χ4v) is 3.02. The zero-order chi connectivity index (χ0) is 20.8. The lowest BCUT2D eigenvalue weighted by Gasteiger charge is -2.08. The monoisotopic (exact) mass is 404 g/mol. The Morgan fingerprint density at radius 3 is 2.55 bits per heavy atom. The van der Waals surface area contributed by atoms with Gasteiger partial charge in [0.15, 0.2) is 0 Å². The molecule has 5 heteroatoms. The molecule has 144 valence electrons. The van der Waals surface area contributed by atoms with Crippen molar-refractivity contribution in [1.29, 1.82) is 5.26 Å². The normalized spacial score (nSPS) is 11.0. The van der Waals surface area contributed by atoms with E-state index in [2.05, 4.69) is 5.32 Å². The van der Waals surface area contributed by atoms with Crippen LogP contribution in [0.5, 0.6) is 0 Å². The summed E-state index contributed by atoms with van der Waals surface area (Å²) in [6, 6.07) is 21.0. The van der Waals surface area contributed by atoms with Gasteiger partial charge < -0.3 is 5.32 Å². The molecule has 3 aromatic carbocycles. The average molecular weight is 405 g/mol. The van der Waals surface area contributed by atoms with Crippen LogP contribution in [0.1, 0.15) is 22.3 Å². The fraction of sp³-hybridized carbons (Fsp3) is 0.0833. The van der Waals surface area contributed by atoms with Crippen LogP contribution in [0.15, 0.2) is 72.3 Å². The van der Waals surface area contributed by atoms with E-state index in [1.807, 2.05) is 43.3 Å². The molecule has 3 aromatic rings. The highest BCUT2D eigenvalue weighted by atomic mass is 35.5. The molecule has 29 heavy (non-hydrogen) atoms. The lowest BCUT2D eigenvalue weighted by Crippen LogP contribution is -2.14. The van der Waals surface area contributed by atoms with Crippen molar-refractivity contribution in [3.05, 3.63) is 105 Å². The van der Waals surface area contributed by atoms with Crippen molar-refractivity contribution in [2.24, 2.45) is 0 Å². The zero-order valence-electron chi connectivity index (χ0n) is 15.7. The summed E-state index contributed by atoms with van der Waals surface area (Å²) in [6.07, 6.45) is 2.13. The van der Waals surface area contributed by atoms with Crippen LogP contribution in [-0.2, 0) is 11.2 Å². The van der Waals surface area contributed by atoms with E-state index in [1.165, 1.54) is 18.2 Å². The summed E-state index contributed by atoms with van der Waals surface area (Å²) >= 11 is 5.97. The molecule has 1 amide bonds. The van der Waals surface area contributed by atoms with E-state index < -0.39 is 5.91 Å². The van der Waals surface area contributed by atoms with Gasteiger partial charge in [0, 0.05) is 10.7 Å². The molecule has 0 radical (unpaired) electrons. The minimum atomic E-state index is -0.498. The van der Waals surface area contributed by atoms with E-state index in [9.17, 15) is 14.4 Å². The summed E-state index contributed by atoms with van der Waals surface area (Å²) in [5.74, 6) is -0.761. The number of benzene rings is 3. The van der Waals surface area contributed by atoms with Gasteiger partial charge in [-0.25, -0.2) is 4.39 Å². The van der Waals surface area contributed by atoms with Crippen molar-refractivity contribution in [2.75, 3.05) is 5.32 Å². The number of nitrogens with zero attached hydrogens (tertiary/aromatic N) is 1. The highest BCUT2D eigenvalue weighted by molar-refractivity contribution is 6.31. The first-order valence-corrected chi connectivity index (χ1v) is 9.35. The standard InChI is InChI=1S/C24H18ClFN2O/c1-16-5-10-21(25)14-23(16)28-24(29)20(15-27)12-18-8-6-17(7-9-18)11-19-3-2-4-22(26)13-19/h2-10,12-14H,11H2,1H3,(H,28,29)/b20-12+. The largest absolute Gasteiger partial charge is 0.321 e. The van der Waals surface area contributed by atoms with Gasteiger partial charge >= 0.3 is 0 Å². The molecule has 0 bridgehead atoms. The maximum atomic E-state index is 13.3. The predicted molar refractivity (Wildman–Crippen MR) is 114 cm³/mol. The molecule has 0 aliphatic carbocycles. The fourth-order valence-electron chi connectivity index (χ4n) is 2.85. The SMILES string of the molecule is Cc1ccc(Cl)cc1NC(=O)/C(C#N)=C/c1ccc(Cc2cccc(F)c2)cc1. The Balaban J connectivity index is 1.74. The van der Waals surface area contributed by atoms with Crippen LogP contribution in [-0.4, -0.2) is 5.91 Å². The molecular weight excluding hydrogens is 387 g/mol. The molecule has 0 saturated heterocycles. The lowest BCUT2D eigenvalue weighted by molar-refractivity contribution is -0.112. The molecule has 3 rings (SSSR count). The van der Waals surface area contributed by atoms with Crippen molar-refractivity contribution in [1.82, 2.24) is 0 Å². The Hall–Kier alpha value is -3.42. The van der Waals surface area contributed by atoms with Crippen molar-refractivity contribution >= 4 is 29.3 Å². The van der Waals surface area contributed by atoms with Crippen LogP contribution in [0.25, 0.3) is 6.08 Å². The first kappa shape index (κ1) is 20.3. The molecule has 0 aromatic heterocycles. The molecule has 3 nitrogen and oxygen atoms in total. The molecule has 0 aliphatic rings. The highest BCUT2D eigenvalue weighted by Gasteiger charge is 2.11. The van der Waals surface area contributed by atoms with Crippen molar-refractivity contribution in [3.8, 4) is 6.07 Å². The van der Waals surface area contributed by atoms with E-state index in [4.69, 9.17) is 11.6 Å². The maximum Gasteiger partial charge on any atom is 0.266 e. The van der Waals surface area contributed by atoms with Crippen molar-refractivity contribution < 1.29 is 9.18 Å². The van der Waals surface area contributed by atoms with E-state index >= 15 is 0 Å². The molecule has 0 unspecified atom stereocenters. The van der Waals surface area contributed by atoms with Gasteiger partial charge in [0.25, 0.3) is 5.91 Å². The van der Waals surface area contributed by atoms with Gasteiger partial charge in [0.1, 0.15) is 17.5 Å². The summed E-state index contributed by atoms with van der Waals surface area (Å²) in [4.78, 5) is 12.5. The molecule has 0 spiro atoms. The molecule has 0 atom stereocenters. The first-order valence-electron chi connectivity index (χ1n) is 8.97. The third-order valence-electron chi connectivity index (χ3n) is 4.40. The molecule has 1 N–H and O–H groups in total. The molecular formula is C24H18ClFN2O. The summed E-state index contributed by atoms with van der Waals surface area (Å²) in [7, 11) is 0. The number of amides is 1. The molecule has 0 aliphatic heterocycles. The number of halogens is 2. The minimum Gasteiger partial charge on any atom is -0.321 e. The van der Waals surface area contributed by atoms with Gasteiger partial charge in [-0.15, -0.1) is 0 Å². The number of anilines is 1. The van der Waals surface area contributed by atoms with Crippen LogP contribution < -0.4 is 5.32 Å². The second kappa shape index (κ2) is 9.18. The summed E-state index contributed by atoms with van der Waals surface area (Å²) in [5.41, 5.74) is 4.01. The van der Waals surface area contributed by atoms with Gasteiger partial charge in [-0.3, -0.25) is 4.79 Å². The number of hydrogen-bond acceptors (Lipinski definition) is 2. The van der Waals surface area contributed by atoms with Crippen LogP contribution in [0.4, 0.5) is 10.1 Å². The summed E-state index contributed by atoms with van der Waals surface area (Å²) in [6.45, 7) is 1.85. The smallest absolute Gasteiger partial charge is 0.266 e. The third kappa shape index (κ3) is 5.54. The van der Waals surface area contributed by atoms with Gasteiger partial charge in [0.05, 0.1) is 0 Å². The number of nitriles is 1. The highest BCUT2D eigenvalue weighted by Crippen LogP contribution is 2.21. The van der Waals surface area contributed by atoms with Crippen LogP contribution >= 0.6 is 11.6 Å². The van der Waals surface area contributed by atoms with Gasteiger partial charge in [-0.2, -0.15) is 5.26 Å².